The van der Waals surface area contributed by atoms with Gasteiger partial charge in [0, 0.05) is 18.3 Å². The van der Waals surface area contributed by atoms with Crippen molar-refractivity contribution < 1.29 is 38.4 Å². The molecule has 3 bridgehead atoms. The average Bonchev–Trinajstić information content (AvgIpc) is 3.32. The molecular weight excluding hydrogens is 572 g/mol. The number of ether oxygens (including phenoxy) is 5. The van der Waals surface area contributed by atoms with Crippen molar-refractivity contribution in [3.8, 4) is 5.75 Å². The van der Waals surface area contributed by atoms with Gasteiger partial charge in [-0.15, -0.1) is 0 Å². The van der Waals surface area contributed by atoms with E-state index in [4.69, 9.17) is 23.7 Å². The van der Waals surface area contributed by atoms with E-state index in [9.17, 15) is 14.7 Å². The lowest BCUT2D eigenvalue weighted by atomic mass is 9.55. The maximum Gasteiger partial charge on any atom is 0.310 e. The zero-order chi connectivity index (χ0) is 31.8. The van der Waals surface area contributed by atoms with Crippen LogP contribution in [-0.2, 0) is 41.4 Å². The van der Waals surface area contributed by atoms with Gasteiger partial charge in [-0.25, -0.2) is 0 Å². The molecule has 0 radical (unpaired) electrons. The lowest BCUT2D eigenvalue weighted by Crippen LogP contribution is -2.70. The van der Waals surface area contributed by atoms with Crippen LogP contribution in [0.4, 0.5) is 0 Å². The molecule has 8 atom stereocenters. The van der Waals surface area contributed by atoms with Gasteiger partial charge in [0.2, 0.25) is 0 Å². The molecule has 3 aliphatic carbocycles. The van der Waals surface area contributed by atoms with Crippen LogP contribution in [0.2, 0.25) is 0 Å². The largest absolute Gasteiger partial charge is 0.497 e. The van der Waals surface area contributed by atoms with Crippen LogP contribution in [0.15, 0.2) is 90.0 Å². The molecule has 2 aliphatic heterocycles. The first-order chi connectivity index (χ1) is 21.4. The predicted octanol–water partition coefficient (Wildman–Crippen LogP) is 5.04. The third-order valence-corrected chi connectivity index (χ3v) is 10.6. The maximum absolute atomic E-state index is 13.8. The minimum Gasteiger partial charge on any atom is -0.497 e. The van der Waals surface area contributed by atoms with E-state index in [2.05, 4.69) is 13.5 Å². The molecule has 1 N–H and O–H groups in total. The second kappa shape index (κ2) is 10.5. The topological polar surface area (TPSA) is 101 Å². The standard InChI is InChI=1S/C37H40O8/c1-22(2)35-18-24(4)37-29(33(35)43-36(44-35,45-37)20-25-10-7-6-8-11-25)16-27(19-34(40)30(37)14-23(3)32(34)39)21-42-31(38)17-26-12-9-13-28(15-26)41-5/h6-16,24,29-30,33,40H,1,17-21H2,2-5H3/t24-,29+,30-,33-,34-,35-,36?,37-/m1/s1. The van der Waals surface area contributed by atoms with Gasteiger partial charge < -0.3 is 28.8 Å². The quantitative estimate of drug-likeness (QED) is 0.327. The summed E-state index contributed by atoms with van der Waals surface area (Å²) >= 11 is 0. The first kappa shape index (κ1) is 30.1. The molecule has 8 heteroatoms. The van der Waals surface area contributed by atoms with Crippen molar-refractivity contribution in [2.24, 2.45) is 17.8 Å². The minimum absolute atomic E-state index is 0.0183. The van der Waals surface area contributed by atoms with Gasteiger partial charge in [-0.05, 0) is 66.2 Å². The van der Waals surface area contributed by atoms with Crippen LogP contribution in [-0.4, -0.2) is 59.5 Å². The number of hydrogen-bond donors (Lipinski definition) is 1. The summed E-state index contributed by atoms with van der Waals surface area (Å²) in [6.45, 7) is 10.1. The molecule has 0 spiro atoms. The molecule has 0 amide bonds. The fourth-order valence-electron chi connectivity index (χ4n) is 8.66. The van der Waals surface area contributed by atoms with Crippen LogP contribution >= 0.6 is 0 Å². The molecule has 5 aliphatic rings. The van der Waals surface area contributed by atoms with E-state index in [1.54, 1.807) is 20.1 Å². The number of esters is 1. The van der Waals surface area contributed by atoms with E-state index >= 15 is 0 Å². The fraction of sp³-hybridized carbons (Fsp3) is 0.459. The highest BCUT2D eigenvalue weighted by Crippen LogP contribution is 2.68. The van der Waals surface area contributed by atoms with Gasteiger partial charge in [-0.2, -0.15) is 0 Å². The lowest BCUT2D eigenvalue weighted by molar-refractivity contribution is -0.421. The maximum atomic E-state index is 13.8. The third-order valence-electron chi connectivity index (χ3n) is 10.6. The van der Waals surface area contributed by atoms with Crippen LogP contribution in [0, 0.1) is 17.8 Å². The van der Waals surface area contributed by atoms with Crippen molar-refractivity contribution in [1.29, 1.82) is 0 Å². The number of carbonyl (C=O) groups is 2. The van der Waals surface area contributed by atoms with Crippen molar-refractivity contribution >= 4 is 11.8 Å². The number of Topliss-reactive ketones (excluding diaryl/α,β-unsaturated/α-hetero) is 1. The summed E-state index contributed by atoms with van der Waals surface area (Å²) in [5.41, 5.74) is 0.0803. The number of fused-ring (bicyclic) bond motifs is 2. The predicted molar refractivity (Wildman–Crippen MR) is 165 cm³/mol. The van der Waals surface area contributed by atoms with Crippen LogP contribution in [0.5, 0.6) is 5.75 Å². The molecule has 7 rings (SSSR count). The second-order valence-corrected chi connectivity index (χ2v) is 13.5. The molecule has 2 saturated heterocycles. The average molecular weight is 613 g/mol. The SMILES string of the molecule is C=C(C)[C@]12C[C@@H](C)[C@@]34OC(Cc5ccccc5)(O[C@@H]1[C@@H]3C=C(COC(=O)Cc1cccc(OC)c1)C[C@]1(O)C(=O)C(C)=C[C@@H]41)O2. The minimum atomic E-state index is -1.77. The van der Waals surface area contributed by atoms with Crippen molar-refractivity contribution in [3.05, 3.63) is 101 Å². The monoisotopic (exact) mass is 612 g/mol. The Bertz CT molecular complexity index is 1630. The van der Waals surface area contributed by atoms with E-state index in [0.717, 1.165) is 16.7 Å². The Morgan fingerprint density at radius 3 is 2.58 bits per heavy atom. The number of ketones is 1. The Balaban J connectivity index is 1.28. The Kier molecular flexibility index (Phi) is 7.02. The molecule has 45 heavy (non-hydrogen) atoms. The second-order valence-electron chi connectivity index (χ2n) is 13.5. The molecule has 2 aromatic carbocycles. The zero-order valence-electron chi connectivity index (χ0n) is 26.2. The smallest absolute Gasteiger partial charge is 0.310 e. The van der Waals surface area contributed by atoms with Gasteiger partial charge in [-0.3, -0.25) is 9.59 Å². The van der Waals surface area contributed by atoms with Crippen LogP contribution in [0.1, 0.15) is 44.7 Å². The summed E-state index contributed by atoms with van der Waals surface area (Å²) in [6, 6.07) is 17.2. The number of benzene rings is 2. The van der Waals surface area contributed by atoms with Crippen LogP contribution in [0.25, 0.3) is 0 Å². The van der Waals surface area contributed by atoms with Crippen LogP contribution < -0.4 is 4.74 Å². The van der Waals surface area contributed by atoms with Gasteiger partial charge in [0.1, 0.15) is 29.7 Å². The summed E-state index contributed by atoms with van der Waals surface area (Å²) in [7, 11) is 1.58. The Morgan fingerprint density at radius 1 is 1.09 bits per heavy atom. The zero-order valence-corrected chi connectivity index (χ0v) is 26.2. The molecule has 3 fully saturated rings. The van der Waals surface area contributed by atoms with E-state index in [1.807, 2.05) is 67.6 Å². The normalized spacial score (nSPS) is 37.7. The van der Waals surface area contributed by atoms with Gasteiger partial charge in [0.15, 0.2) is 5.78 Å². The van der Waals surface area contributed by atoms with Crippen molar-refractivity contribution in [1.82, 2.24) is 0 Å². The Morgan fingerprint density at radius 2 is 1.84 bits per heavy atom. The molecule has 0 aromatic heterocycles. The number of methoxy groups -OCH3 is 1. The summed E-state index contributed by atoms with van der Waals surface area (Å²) in [5.74, 6) is -2.75. The molecule has 1 unspecified atom stereocenters. The molecular formula is C37H40O8. The van der Waals surface area contributed by atoms with Gasteiger partial charge >= 0.3 is 5.97 Å². The summed E-state index contributed by atoms with van der Waals surface area (Å²) in [6.07, 6.45) is 4.39. The molecule has 2 aromatic rings. The van der Waals surface area contributed by atoms with Gasteiger partial charge in [0.05, 0.1) is 25.6 Å². The van der Waals surface area contributed by atoms with Crippen molar-refractivity contribution in [3.63, 3.8) is 0 Å². The summed E-state index contributed by atoms with van der Waals surface area (Å²) < 4.78 is 32.0. The van der Waals surface area contributed by atoms with Gasteiger partial charge in [0.25, 0.3) is 5.97 Å². The Hall–Kier alpha value is -3.56. The fourth-order valence-corrected chi connectivity index (χ4v) is 8.66. The first-order valence-corrected chi connectivity index (χ1v) is 15.7. The van der Waals surface area contributed by atoms with Crippen LogP contribution in [0.3, 0.4) is 0 Å². The highest BCUT2D eigenvalue weighted by atomic mass is 16.9. The van der Waals surface area contributed by atoms with Crippen molar-refractivity contribution in [2.75, 3.05) is 13.7 Å². The van der Waals surface area contributed by atoms with Gasteiger partial charge in [-0.1, -0.05) is 68.1 Å². The number of carbonyl (C=O) groups excluding carboxylic acids is 2. The molecule has 1 saturated carbocycles. The van der Waals surface area contributed by atoms with Crippen molar-refractivity contribution in [2.45, 2.75) is 75.3 Å². The molecule has 2 heterocycles. The highest BCUT2D eigenvalue weighted by Gasteiger charge is 2.79. The van der Waals surface area contributed by atoms with E-state index in [0.29, 0.717) is 29.7 Å². The lowest BCUT2D eigenvalue weighted by Gasteiger charge is -2.59. The first-order valence-electron chi connectivity index (χ1n) is 15.7. The van der Waals surface area contributed by atoms with E-state index in [1.165, 1.54) is 0 Å². The third kappa shape index (κ3) is 4.48. The summed E-state index contributed by atoms with van der Waals surface area (Å²) in [5, 5.41) is 12.4. The Labute approximate surface area is 263 Å². The number of hydrogen-bond acceptors (Lipinski definition) is 8. The van der Waals surface area contributed by atoms with E-state index in [-0.39, 0.29) is 31.1 Å². The number of aliphatic hydroxyl groups is 1. The highest BCUT2D eigenvalue weighted by molar-refractivity contribution is 6.04. The van der Waals surface area contributed by atoms with E-state index < -0.39 is 46.7 Å². The number of rotatable bonds is 8. The molecule has 8 nitrogen and oxygen atoms in total. The summed E-state index contributed by atoms with van der Waals surface area (Å²) in [4.78, 5) is 26.8. The molecule has 236 valence electrons.